The Morgan fingerprint density at radius 1 is 1.16 bits per heavy atom. The van der Waals surface area contributed by atoms with Crippen LogP contribution in [0.2, 0.25) is 0 Å². The summed E-state index contributed by atoms with van der Waals surface area (Å²) in [5.74, 6) is -0.727. The Bertz CT molecular complexity index is 994. The van der Waals surface area contributed by atoms with Gasteiger partial charge in [0.25, 0.3) is 0 Å². The summed E-state index contributed by atoms with van der Waals surface area (Å²) in [6, 6.07) is 12.1. The van der Waals surface area contributed by atoms with Crippen LogP contribution in [0.15, 0.2) is 40.9 Å². The predicted molar refractivity (Wildman–Crippen MR) is 131 cm³/mol. The smallest absolute Gasteiger partial charge is 0.481 e. The van der Waals surface area contributed by atoms with E-state index < -0.39 is 12.3 Å². The van der Waals surface area contributed by atoms with Crippen LogP contribution < -0.4 is 4.90 Å². The molecule has 0 bridgehead atoms. The van der Waals surface area contributed by atoms with Crippen molar-refractivity contribution in [3.05, 3.63) is 63.1 Å². The van der Waals surface area contributed by atoms with Crippen LogP contribution in [0.1, 0.15) is 47.3 Å². The van der Waals surface area contributed by atoms with Gasteiger partial charge in [-0.15, -0.1) is 8.78 Å². The molecule has 0 aliphatic carbocycles. The number of halogens is 4. The molecule has 0 aromatic heterocycles. The Morgan fingerprint density at radius 3 is 2.22 bits per heavy atom. The molecule has 1 unspecified atom stereocenters. The van der Waals surface area contributed by atoms with Crippen molar-refractivity contribution in [2.45, 2.75) is 49.6 Å². The molecule has 32 heavy (non-hydrogen) atoms. The van der Waals surface area contributed by atoms with Gasteiger partial charge >= 0.3 is 12.3 Å². The highest BCUT2D eigenvalue weighted by Gasteiger charge is 2.34. The van der Waals surface area contributed by atoms with Gasteiger partial charge in [0.2, 0.25) is 0 Å². The SMILES string of the molecule is CC(C)N1c2c(Br)cc(C(=O)Cc3ccc(CI)cc3)cc2CC1CC(=O)O.O=C(F)F. The van der Waals surface area contributed by atoms with Gasteiger partial charge in [0.15, 0.2) is 5.78 Å². The van der Waals surface area contributed by atoms with Crippen molar-refractivity contribution in [2.24, 2.45) is 0 Å². The van der Waals surface area contributed by atoms with E-state index in [0.717, 1.165) is 25.7 Å². The van der Waals surface area contributed by atoms with E-state index in [4.69, 9.17) is 4.79 Å². The van der Waals surface area contributed by atoms with Crippen molar-refractivity contribution < 1.29 is 28.3 Å². The third-order valence-corrected chi connectivity index (χ3v) is 6.57. The molecular weight excluding hydrogens is 599 g/mol. The van der Waals surface area contributed by atoms with Gasteiger partial charge in [-0.25, -0.2) is 4.79 Å². The lowest BCUT2D eigenvalue weighted by Crippen LogP contribution is -2.39. The van der Waals surface area contributed by atoms with Crippen molar-refractivity contribution in [2.75, 3.05) is 4.90 Å². The van der Waals surface area contributed by atoms with Crippen molar-refractivity contribution in [1.29, 1.82) is 0 Å². The number of carboxylic acid groups (broad SMARTS) is 1. The summed E-state index contributed by atoms with van der Waals surface area (Å²) in [6.07, 6.45) is -1.74. The number of fused-ring (bicyclic) bond motifs is 1. The average Bonchev–Trinajstić information content (AvgIpc) is 3.06. The van der Waals surface area contributed by atoms with Gasteiger partial charge < -0.3 is 10.0 Å². The number of carbonyl (C=O) groups is 3. The average molecular weight is 622 g/mol. The number of hydrogen-bond donors (Lipinski definition) is 1. The van der Waals surface area contributed by atoms with Crippen molar-refractivity contribution in [3.8, 4) is 0 Å². The first kappa shape index (κ1) is 26.4. The maximum atomic E-state index is 12.9. The van der Waals surface area contributed by atoms with Crippen LogP contribution in [0.5, 0.6) is 0 Å². The van der Waals surface area contributed by atoms with Crippen LogP contribution >= 0.6 is 38.5 Å². The second kappa shape index (κ2) is 11.8. The molecule has 0 fully saturated rings. The van der Waals surface area contributed by atoms with E-state index in [1.54, 1.807) is 0 Å². The minimum absolute atomic E-state index is 0.0727. The molecule has 1 aliphatic rings. The van der Waals surface area contributed by atoms with Gasteiger partial charge in [0.05, 0.1) is 12.1 Å². The number of rotatable bonds is 7. The van der Waals surface area contributed by atoms with Crippen LogP contribution in [0.25, 0.3) is 0 Å². The molecule has 2 aromatic rings. The third-order valence-electron chi connectivity index (χ3n) is 5.08. The van der Waals surface area contributed by atoms with Crippen molar-refractivity contribution in [1.82, 2.24) is 0 Å². The number of ketones is 1. The molecule has 3 rings (SSSR count). The first-order chi connectivity index (χ1) is 15.0. The maximum Gasteiger partial charge on any atom is 0.483 e. The van der Waals surface area contributed by atoms with E-state index in [1.807, 2.05) is 24.3 Å². The van der Waals surface area contributed by atoms with Gasteiger partial charge in [0.1, 0.15) is 0 Å². The number of benzene rings is 2. The number of aliphatic carboxylic acids is 1. The van der Waals surface area contributed by atoms with Crippen LogP contribution in [0, 0.1) is 0 Å². The number of carboxylic acids is 1. The molecular formula is C23H23BrF2INO4. The Balaban J connectivity index is 0.000000837. The first-order valence-electron chi connectivity index (χ1n) is 9.88. The molecule has 1 N–H and O–H groups in total. The summed E-state index contributed by atoms with van der Waals surface area (Å²) in [5.41, 5.74) is 4.98. The van der Waals surface area contributed by atoms with Crippen LogP contribution in [-0.2, 0) is 22.1 Å². The minimum Gasteiger partial charge on any atom is -0.481 e. The molecule has 0 saturated heterocycles. The quantitative estimate of drug-likeness (QED) is 0.166. The lowest BCUT2D eigenvalue weighted by molar-refractivity contribution is -0.137. The zero-order valence-corrected chi connectivity index (χ0v) is 21.3. The molecule has 0 spiro atoms. The highest BCUT2D eigenvalue weighted by molar-refractivity contribution is 14.1. The Hall–Kier alpha value is -1.88. The van der Waals surface area contributed by atoms with Gasteiger partial charge in [-0.1, -0.05) is 46.9 Å². The summed E-state index contributed by atoms with van der Waals surface area (Å²) in [4.78, 5) is 34.4. The highest BCUT2D eigenvalue weighted by atomic mass is 127. The molecule has 2 aromatic carbocycles. The Kier molecular flexibility index (Phi) is 9.75. The lowest BCUT2D eigenvalue weighted by atomic mass is 9.99. The fourth-order valence-corrected chi connectivity index (χ4v) is 5.10. The van der Waals surface area contributed by atoms with Crippen molar-refractivity contribution in [3.63, 3.8) is 0 Å². The summed E-state index contributed by atoms with van der Waals surface area (Å²) < 4.78 is 21.2. The number of anilines is 1. The minimum atomic E-state index is -2.83. The van der Waals surface area contributed by atoms with Gasteiger partial charge in [-0.05, 0) is 65.0 Å². The molecule has 172 valence electrons. The molecule has 9 heteroatoms. The maximum absolute atomic E-state index is 12.9. The molecule has 5 nitrogen and oxygen atoms in total. The summed E-state index contributed by atoms with van der Waals surface area (Å²) in [5, 5.41) is 9.27. The van der Waals surface area contributed by atoms with E-state index in [0.29, 0.717) is 18.4 Å². The number of hydrogen-bond acceptors (Lipinski definition) is 4. The highest BCUT2D eigenvalue weighted by Crippen LogP contribution is 2.41. The Morgan fingerprint density at radius 2 is 1.72 bits per heavy atom. The normalized spacial score (nSPS) is 14.6. The predicted octanol–water partition coefficient (Wildman–Crippen LogP) is 6.47. The van der Waals surface area contributed by atoms with Crippen molar-refractivity contribution >= 4 is 62.3 Å². The summed E-state index contributed by atoms with van der Waals surface area (Å²) in [6.45, 7) is 4.13. The fraction of sp³-hybridized carbons (Fsp3) is 0.348. The molecule has 1 atom stereocenters. The van der Waals surface area contributed by atoms with Gasteiger partial charge in [-0.2, -0.15) is 0 Å². The number of nitrogens with zero attached hydrogens (tertiary/aromatic N) is 1. The van der Waals surface area contributed by atoms with Gasteiger partial charge in [0, 0.05) is 33.0 Å². The second-order valence-corrected chi connectivity index (χ2v) is 9.32. The van der Waals surface area contributed by atoms with E-state index in [-0.39, 0.29) is 24.3 Å². The molecule has 0 saturated carbocycles. The zero-order valence-electron chi connectivity index (χ0n) is 17.6. The second-order valence-electron chi connectivity index (χ2n) is 7.70. The largest absolute Gasteiger partial charge is 0.483 e. The van der Waals surface area contributed by atoms with Crippen LogP contribution in [0.3, 0.4) is 0 Å². The first-order valence-corrected chi connectivity index (χ1v) is 12.2. The molecule has 1 heterocycles. The summed E-state index contributed by atoms with van der Waals surface area (Å²) >= 11 is 5.95. The van der Waals surface area contributed by atoms with Crippen LogP contribution in [-0.4, -0.2) is 35.2 Å². The van der Waals surface area contributed by atoms with E-state index >= 15 is 0 Å². The fourth-order valence-electron chi connectivity index (χ4n) is 3.88. The van der Waals surface area contributed by atoms with E-state index in [9.17, 15) is 23.5 Å². The summed E-state index contributed by atoms with van der Waals surface area (Å²) in [7, 11) is 0. The monoisotopic (exact) mass is 621 g/mol. The molecule has 1 aliphatic heterocycles. The van der Waals surface area contributed by atoms with Gasteiger partial charge in [-0.3, -0.25) is 9.59 Å². The number of Topliss-reactive ketones (excluding diaryl/α,β-unsaturated/α-hetero) is 1. The lowest BCUT2D eigenvalue weighted by Gasteiger charge is -2.31. The number of alkyl halides is 1. The Labute approximate surface area is 207 Å². The molecule has 0 radical (unpaired) electrons. The van der Waals surface area contributed by atoms with E-state index in [2.05, 4.69) is 69.4 Å². The standard InChI is InChI=1S/C22H23BrINO3.CF2O/c1-13(2)25-18(11-21(27)28)9-17-8-16(10-19(23)22(17)25)20(26)7-14-3-5-15(12-24)6-4-14;2-1(3)4/h3-6,8,10,13,18H,7,9,11-12H2,1-2H3,(H,27,28);. The topological polar surface area (TPSA) is 74.7 Å². The zero-order chi connectivity index (χ0) is 24.0. The molecule has 0 amide bonds. The third kappa shape index (κ3) is 7.06. The number of carbonyl (C=O) groups excluding carboxylic acids is 2. The van der Waals surface area contributed by atoms with Crippen LogP contribution in [0.4, 0.5) is 19.3 Å². The van der Waals surface area contributed by atoms with E-state index in [1.165, 1.54) is 5.56 Å².